The van der Waals surface area contributed by atoms with Crippen LogP contribution in [0.5, 0.6) is 11.5 Å². The number of alkyl halides is 3. The summed E-state index contributed by atoms with van der Waals surface area (Å²) < 4.78 is 48.0. The van der Waals surface area contributed by atoms with Crippen LogP contribution in [0.15, 0.2) is 42.5 Å². The van der Waals surface area contributed by atoms with Crippen LogP contribution >= 0.6 is 0 Å². The lowest BCUT2D eigenvalue weighted by Gasteiger charge is -2.12. The van der Waals surface area contributed by atoms with Crippen molar-refractivity contribution >= 4 is 12.3 Å². The molecule has 0 bridgehead atoms. The number of benzene rings is 2. The molecule has 0 fully saturated rings. The van der Waals surface area contributed by atoms with Crippen molar-refractivity contribution in [3.63, 3.8) is 0 Å². The molecule has 0 aliphatic heterocycles. The molecule has 0 atom stereocenters. The Hall–Kier alpha value is -2.83. The summed E-state index contributed by atoms with van der Waals surface area (Å²) in [5.74, 6) is -0.150. The largest absolute Gasteiger partial charge is 0.469 e. The second-order valence-electron chi connectivity index (χ2n) is 4.87. The van der Waals surface area contributed by atoms with E-state index in [1.807, 2.05) is 0 Å². The molecule has 126 valence electrons. The number of esters is 1. The molecule has 24 heavy (non-hydrogen) atoms. The molecule has 0 amide bonds. The highest BCUT2D eigenvalue weighted by Gasteiger charge is 2.31. The Labute approximate surface area is 135 Å². The Balaban J connectivity index is 2.26. The normalized spacial score (nSPS) is 11.0. The van der Waals surface area contributed by atoms with Crippen molar-refractivity contribution < 1.29 is 32.2 Å². The molecule has 2 rings (SSSR count). The van der Waals surface area contributed by atoms with E-state index < -0.39 is 17.7 Å². The maximum atomic E-state index is 12.7. The van der Waals surface area contributed by atoms with Gasteiger partial charge in [-0.15, -0.1) is 0 Å². The van der Waals surface area contributed by atoms with E-state index in [0.29, 0.717) is 17.6 Å². The fraction of sp³-hybridized carbons (Fsp3) is 0.176. The number of halogens is 3. The highest BCUT2D eigenvalue weighted by Crippen LogP contribution is 2.33. The summed E-state index contributed by atoms with van der Waals surface area (Å²) in [7, 11) is 1.27. The predicted molar refractivity (Wildman–Crippen MR) is 79.1 cm³/mol. The van der Waals surface area contributed by atoms with E-state index in [1.165, 1.54) is 7.11 Å². The molecular formula is C17H13F3O4. The molecule has 0 saturated heterocycles. The van der Waals surface area contributed by atoms with Gasteiger partial charge in [-0.25, -0.2) is 0 Å². The van der Waals surface area contributed by atoms with Crippen LogP contribution in [-0.4, -0.2) is 19.4 Å². The first kappa shape index (κ1) is 17.5. The van der Waals surface area contributed by atoms with Gasteiger partial charge in [0.25, 0.3) is 0 Å². The smallest absolute Gasteiger partial charge is 0.416 e. The van der Waals surface area contributed by atoms with E-state index in [9.17, 15) is 22.8 Å². The molecule has 2 aromatic carbocycles. The monoisotopic (exact) mass is 338 g/mol. The zero-order valence-electron chi connectivity index (χ0n) is 12.6. The molecule has 0 unspecified atom stereocenters. The number of hydrogen-bond donors (Lipinski definition) is 0. The Kier molecular flexibility index (Phi) is 5.23. The zero-order valence-corrected chi connectivity index (χ0v) is 12.6. The number of hydrogen-bond acceptors (Lipinski definition) is 4. The Morgan fingerprint density at radius 2 is 1.92 bits per heavy atom. The first-order valence-electron chi connectivity index (χ1n) is 6.83. The van der Waals surface area contributed by atoms with E-state index in [2.05, 4.69) is 4.74 Å². The summed E-state index contributed by atoms with van der Waals surface area (Å²) in [6.07, 6.45) is -4.22. The number of carbonyl (C=O) groups is 2. The molecule has 0 saturated carbocycles. The first-order chi connectivity index (χ1) is 11.3. The number of methoxy groups -OCH3 is 1. The lowest BCUT2D eigenvalue weighted by atomic mass is 10.1. The van der Waals surface area contributed by atoms with Crippen molar-refractivity contribution in [3.8, 4) is 11.5 Å². The molecule has 2 aromatic rings. The van der Waals surface area contributed by atoms with Crippen LogP contribution in [0, 0.1) is 0 Å². The van der Waals surface area contributed by atoms with Crippen LogP contribution in [0.25, 0.3) is 0 Å². The van der Waals surface area contributed by atoms with E-state index in [4.69, 9.17) is 4.74 Å². The third kappa shape index (κ3) is 4.34. The highest BCUT2D eigenvalue weighted by atomic mass is 19.4. The van der Waals surface area contributed by atoms with Gasteiger partial charge in [0.05, 0.1) is 24.7 Å². The molecule has 0 aliphatic carbocycles. The number of ether oxygens (including phenoxy) is 2. The summed E-state index contributed by atoms with van der Waals surface area (Å²) in [4.78, 5) is 22.3. The lowest BCUT2D eigenvalue weighted by Crippen LogP contribution is -2.06. The van der Waals surface area contributed by atoms with Gasteiger partial charge in [0, 0.05) is 0 Å². The minimum Gasteiger partial charge on any atom is -0.469 e. The van der Waals surface area contributed by atoms with Crippen LogP contribution in [0.1, 0.15) is 21.5 Å². The number of carbonyl (C=O) groups excluding carboxylic acids is 2. The summed E-state index contributed by atoms with van der Waals surface area (Å²) >= 11 is 0. The quantitative estimate of drug-likeness (QED) is 0.610. The van der Waals surface area contributed by atoms with Gasteiger partial charge in [0.1, 0.15) is 11.5 Å². The fourth-order valence-electron chi connectivity index (χ4n) is 1.99. The first-order valence-corrected chi connectivity index (χ1v) is 6.83. The highest BCUT2D eigenvalue weighted by molar-refractivity contribution is 5.80. The molecule has 0 N–H and O–H groups in total. The van der Waals surface area contributed by atoms with E-state index in [1.54, 1.807) is 24.3 Å². The van der Waals surface area contributed by atoms with Crippen molar-refractivity contribution in [3.05, 3.63) is 59.2 Å². The topological polar surface area (TPSA) is 52.6 Å². The van der Waals surface area contributed by atoms with Crippen molar-refractivity contribution in [2.75, 3.05) is 7.11 Å². The molecular weight excluding hydrogens is 325 g/mol. The molecule has 0 aliphatic rings. The maximum Gasteiger partial charge on any atom is 0.416 e. The fourth-order valence-corrected chi connectivity index (χ4v) is 1.99. The van der Waals surface area contributed by atoms with Crippen molar-refractivity contribution in [1.82, 2.24) is 0 Å². The Morgan fingerprint density at radius 1 is 1.17 bits per heavy atom. The molecule has 0 radical (unpaired) electrons. The predicted octanol–water partition coefficient (Wildman–Crippen LogP) is 4.03. The van der Waals surface area contributed by atoms with Crippen LogP contribution in [-0.2, 0) is 22.1 Å². The van der Waals surface area contributed by atoms with Gasteiger partial charge in [-0.3, -0.25) is 9.59 Å². The number of aldehydes is 1. The summed E-state index contributed by atoms with van der Waals surface area (Å²) in [5, 5.41) is 0. The Morgan fingerprint density at radius 3 is 2.54 bits per heavy atom. The third-order valence-corrected chi connectivity index (χ3v) is 3.17. The zero-order chi connectivity index (χ0) is 17.7. The van der Waals surface area contributed by atoms with E-state index >= 15 is 0 Å². The summed E-state index contributed by atoms with van der Waals surface area (Å²) in [5.41, 5.74) is -0.543. The second-order valence-corrected chi connectivity index (χ2v) is 4.87. The van der Waals surface area contributed by atoms with E-state index in [0.717, 1.165) is 18.2 Å². The van der Waals surface area contributed by atoms with Gasteiger partial charge in [0.15, 0.2) is 6.29 Å². The lowest BCUT2D eigenvalue weighted by molar-refractivity contribution is -0.140. The van der Waals surface area contributed by atoms with Gasteiger partial charge in [0.2, 0.25) is 0 Å². The average Bonchev–Trinajstić information content (AvgIpc) is 2.54. The van der Waals surface area contributed by atoms with E-state index in [-0.39, 0.29) is 17.7 Å². The van der Waals surface area contributed by atoms with Crippen molar-refractivity contribution in [2.24, 2.45) is 0 Å². The van der Waals surface area contributed by atoms with Crippen LogP contribution < -0.4 is 4.74 Å². The molecule has 0 aromatic heterocycles. The molecule has 0 heterocycles. The van der Waals surface area contributed by atoms with Crippen molar-refractivity contribution in [1.29, 1.82) is 0 Å². The SMILES string of the molecule is COC(=O)Cc1cccc(Oc2ccc(C(F)(F)F)cc2C=O)c1. The summed E-state index contributed by atoms with van der Waals surface area (Å²) in [6, 6.07) is 9.05. The van der Waals surface area contributed by atoms with Gasteiger partial charge in [-0.05, 0) is 35.9 Å². The summed E-state index contributed by atoms with van der Waals surface area (Å²) in [6.45, 7) is 0. The molecule has 4 nitrogen and oxygen atoms in total. The minimum absolute atomic E-state index is 0.00628. The van der Waals surface area contributed by atoms with Crippen molar-refractivity contribution in [2.45, 2.75) is 12.6 Å². The van der Waals surface area contributed by atoms with Gasteiger partial charge in [-0.1, -0.05) is 12.1 Å². The standard InChI is InChI=1S/C17H13F3O4/c1-23-16(22)8-11-3-2-4-14(7-11)24-15-6-5-13(17(18,19)20)9-12(15)10-21/h2-7,9-10H,8H2,1H3. The van der Waals surface area contributed by atoms with Crippen LogP contribution in [0.4, 0.5) is 13.2 Å². The molecule has 0 spiro atoms. The van der Waals surface area contributed by atoms with Gasteiger partial charge >= 0.3 is 12.1 Å². The second kappa shape index (κ2) is 7.16. The van der Waals surface area contributed by atoms with Crippen LogP contribution in [0.3, 0.4) is 0 Å². The average molecular weight is 338 g/mol. The third-order valence-electron chi connectivity index (χ3n) is 3.17. The molecule has 7 heteroatoms. The Bertz CT molecular complexity index is 754. The van der Waals surface area contributed by atoms with Gasteiger partial charge < -0.3 is 9.47 Å². The van der Waals surface area contributed by atoms with Crippen LogP contribution in [0.2, 0.25) is 0 Å². The number of rotatable bonds is 5. The minimum atomic E-state index is -4.54. The maximum absolute atomic E-state index is 12.7. The van der Waals surface area contributed by atoms with Gasteiger partial charge in [-0.2, -0.15) is 13.2 Å².